The van der Waals surface area contributed by atoms with E-state index in [1.54, 1.807) is 0 Å². The highest BCUT2D eigenvalue weighted by Gasteiger charge is 2.21. The van der Waals surface area contributed by atoms with Crippen molar-refractivity contribution in [2.45, 2.75) is 57.1 Å². The molecule has 0 bridgehead atoms. The summed E-state index contributed by atoms with van der Waals surface area (Å²) in [6.07, 6.45) is 9.62. The van der Waals surface area contributed by atoms with Crippen LogP contribution in [0.15, 0.2) is 0 Å². The van der Waals surface area contributed by atoms with Gasteiger partial charge in [0.15, 0.2) is 0 Å². The van der Waals surface area contributed by atoms with Crippen molar-refractivity contribution in [2.24, 2.45) is 0 Å². The first-order valence-electron chi connectivity index (χ1n) is 6.82. The Morgan fingerprint density at radius 1 is 1.19 bits per heavy atom. The molecule has 2 rings (SSSR count). The molecule has 2 aliphatic rings. The number of ether oxygens (including phenoxy) is 1. The number of alkyl halides is 1. The van der Waals surface area contributed by atoms with Gasteiger partial charge in [0.1, 0.15) is 0 Å². The summed E-state index contributed by atoms with van der Waals surface area (Å²) >= 11 is 6.01. The zero-order valence-corrected chi connectivity index (χ0v) is 10.9. The molecule has 94 valence electrons. The molecule has 0 radical (unpaired) electrons. The van der Waals surface area contributed by atoms with Crippen LogP contribution < -0.4 is 0 Å². The van der Waals surface area contributed by atoms with Gasteiger partial charge in [0, 0.05) is 18.5 Å². The molecule has 0 aromatic rings. The van der Waals surface area contributed by atoms with Gasteiger partial charge in [-0.1, -0.05) is 6.42 Å². The highest BCUT2D eigenvalue weighted by Crippen LogP contribution is 2.21. The lowest BCUT2D eigenvalue weighted by Gasteiger charge is -2.34. The van der Waals surface area contributed by atoms with Crippen LogP contribution in [0.1, 0.15) is 44.9 Å². The zero-order valence-electron chi connectivity index (χ0n) is 10.2. The average molecular weight is 246 g/mol. The van der Waals surface area contributed by atoms with E-state index in [9.17, 15) is 0 Å². The van der Waals surface area contributed by atoms with E-state index in [-0.39, 0.29) is 0 Å². The van der Waals surface area contributed by atoms with Crippen LogP contribution in [-0.2, 0) is 4.74 Å². The van der Waals surface area contributed by atoms with Crippen molar-refractivity contribution in [1.82, 2.24) is 4.90 Å². The van der Waals surface area contributed by atoms with Gasteiger partial charge in [-0.15, -0.1) is 11.6 Å². The standard InChI is InChI=1S/C13H24ClNO/c14-11-12-5-1-2-8-15(12)9-3-6-13-7-4-10-16-13/h12-13H,1-11H2. The Labute approximate surface area is 104 Å². The second kappa shape index (κ2) is 6.83. The summed E-state index contributed by atoms with van der Waals surface area (Å²) in [5.41, 5.74) is 0. The molecular weight excluding hydrogens is 222 g/mol. The monoisotopic (exact) mass is 245 g/mol. The second-order valence-electron chi connectivity index (χ2n) is 5.12. The lowest BCUT2D eigenvalue weighted by Crippen LogP contribution is -2.41. The molecule has 2 saturated heterocycles. The number of hydrogen-bond acceptors (Lipinski definition) is 2. The normalized spacial score (nSPS) is 32.1. The molecule has 2 unspecified atom stereocenters. The van der Waals surface area contributed by atoms with E-state index in [1.165, 1.54) is 58.0 Å². The van der Waals surface area contributed by atoms with Crippen molar-refractivity contribution < 1.29 is 4.74 Å². The topological polar surface area (TPSA) is 12.5 Å². The molecule has 0 aromatic carbocycles. The van der Waals surface area contributed by atoms with E-state index in [4.69, 9.17) is 16.3 Å². The molecule has 2 fully saturated rings. The molecule has 0 spiro atoms. The Bertz CT molecular complexity index is 194. The van der Waals surface area contributed by atoms with Gasteiger partial charge >= 0.3 is 0 Å². The van der Waals surface area contributed by atoms with Gasteiger partial charge in [0.25, 0.3) is 0 Å². The number of piperidine rings is 1. The first-order chi connectivity index (χ1) is 7.90. The molecule has 2 heterocycles. The van der Waals surface area contributed by atoms with Gasteiger partial charge in [0.2, 0.25) is 0 Å². The maximum absolute atomic E-state index is 6.01. The Morgan fingerprint density at radius 3 is 2.88 bits per heavy atom. The molecule has 0 aromatic heterocycles. The Balaban J connectivity index is 1.63. The summed E-state index contributed by atoms with van der Waals surface area (Å²) in [6, 6.07) is 0.639. The van der Waals surface area contributed by atoms with Gasteiger partial charge in [-0.05, 0) is 51.6 Å². The summed E-state index contributed by atoms with van der Waals surface area (Å²) in [6.45, 7) is 3.46. The largest absolute Gasteiger partial charge is 0.378 e. The number of hydrogen-bond donors (Lipinski definition) is 0. The van der Waals surface area contributed by atoms with E-state index in [1.807, 2.05) is 0 Å². The van der Waals surface area contributed by atoms with Crippen molar-refractivity contribution in [2.75, 3.05) is 25.6 Å². The Kier molecular flexibility index (Phi) is 5.40. The molecule has 0 N–H and O–H groups in total. The number of likely N-dealkylation sites (tertiary alicyclic amines) is 1. The number of halogens is 1. The molecule has 2 atom stereocenters. The van der Waals surface area contributed by atoms with Crippen LogP contribution in [-0.4, -0.2) is 42.6 Å². The van der Waals surface area contributed by atoms with Crippen LogP contribution in [0.5, 0.6) is 0 Å². The van der Waals surface area contributed by atoms with Crippen molar-refractivity contribution in [3.63, 3.8) is 0 Å². The lowest BCUT2D eigenvalue weighted by molar-refractivity contribution is 0.0931. The van der Waals surface area contributed by atoms with Crippen LogP contribution in [0.25, 0.3) is 0 Å². The highest BCUT2D eigenvalue weighted by molar-refractivity contribution is 6.18. The van der Waals surface area contributed by atoms with E-state index >= 15 is 0 Å². The van der Waals surface area contributed by atoms with Gasteiger partial charge in [-0.2, -0.15) is 0 Å². The Morgan fingerprint density at radius 2 is 2.12 bits per heavy atom. The Hall–Kier alpha value is 0.210. The van der Waals surface area contributed by atoms with Crippen LogP contribution >= 0.6 is 11.6 Å². The quantitative estimate of drug-likeness (QED) is 0.691. The van der Waals surface area contributed by atoms with Crippen LogP contribution in [0.3, 0.4) is 0 Å². The summed E-state index contributed by atoms with van der Waals surface area (Å²) in [5, 5.41) is 0. The summed E-state index contributed by atoms with van der Waals surface area (Å²) < 4.78 is 5.65. The minimum absolute atomic E-state index is 0.555. The molecule has 16 heavy (non-hydrogen) atoms. The molecule has 2 nitrogen and oxygen atoms in total. The van der Waals surface area contributed by atoms with Gasteiger partial charge in [0.05, 0.1) is 6.10 Å². The van der Waals surface area contributed by atoms with E-state index in [0.717, 1.165) is 12.5 Å². The van der Waals surface area contributed by atoms with Crippen molar-refractivity contribution in [1.29, 1.82) is 0 Å². The fourth-order valence-electron chi connectivity index (χ4n) is 2.92. The third-order valence-electron chi connectivity index (χ3n) is 3.92. The molecule has 2 aliphatic heterocycles. The van der Waals surface area contributed by atoms with E-state index in [0.29, 0.717) is 12.1 Å². The molecule has 0 amide bonds. The van der Waals surface area contributed by atoms with E-state index in [2.05, 4.69) is 4.90 Å². The predicted octanol–water partition coefficient (Wildman–Crippen LogP) is 3.04. The van der Waals surface area contributed by atoms with Gasteiger partial charge < -0.3 is 4.74 Å². The minimum Gasteiger partial charge on any atom is -0.378 e. The first kappa shape index (κ1) is 12.7. The third kappa shape index (κ3) is 3.61. The zero-order chi connectivity index (χ0) is 11.2. The minimum atomic E-state index is 0.555. The van der Waals surface area contributed by atoms with Crippen LogP contribution in [0.2, 0.25) is 0 Å². The highest BCUT2D eigenvalue weighted by atomic mass is 35.5. The lowest BCUT2D eigenvalue weighted by atomic mass is 10.0. The first-order valence-corrected chi connectivity index (χ1v) is 7.35. The smallest absolute Gasteiger partial charge is 0.0576 e. The fraction of sp³-hybridized carbons (Fsp3) is 1.00. The van der Waals surface area contributed by atoms with Crippen molar-refractivity contribution >= 4 is 11.6 Å². The number of rotatable bonds is 5. The predicted molar refractivity (Wildman–Crippen MR) is 68.1 cm³/mol. The second-order valence-corrected chi connectivity index (χ2v) is 5.43. The SMILES string of the molecule is ClCC1CCCCN1CCCC1CCCO1. The van der Waals surface area contributed by atoms with Gasteiger partial charge in [-0.25, -0.2) is 0 Å². The summed E-state index contributed by atoms with van der Waals surface area (Å²) in [5.74, 6) is 0.805. The average Bonchev–Trinajstić information content (AvgIpc) is 2.83. The summed E-state index contributed by atoms with van der Waals surface area (Å²) in [4.78, 5) is 2.59. The fourth-order valence-corrected chi connectivity index (χ4v) is 3.27. The van der Waals surface area contributed by atoms with Crippen molar-refractivity contribution in [3.05, 3.63) is 0 Å². The van der Waals surface area contributed by atoms with Gasteiger partial charge in [-0.3, -0.25) is 4.90 Å². The molecule has 0 saturated carbocycles. The number of nitrogens with zero attached hydrogens (tertiary/aromatic N) is 1. The van der Waals surface area contributed by atoms with E-state index < -0.39 is 0 Å². The van der Waals surface area contributed by atoms with Crippen LogP contribution in [0, 0.1) is 0 Å². The third-order valence-corrected chi connectivity index (χ3v) is 4.28. The molecular formula is C13H24ClNO. The molecule has 3 heteroatoms. The maximum Gasteiger partial charge on any atom is 0.0576 e. The maximum atomic E-state index is 6.01. The van der Waals surface area contributed by atoms with Crippen LogP contribution in [0.4, 0.5) is 0 Å². The van der Waals surface area contributed by atoms with Crippen molar-refractivity contribution in [3.8, 4) is 0 Å². The summed E-state index contributed by atoms with van der Waals surface area (Å²) in [7, 11) is 0. The molecule has 0 aliphatic carbocycles.